The van der Waals surface area contributed by atoms with Gasteiger partial charge < -0.3 is 24.3 Å². The van der Waals surface area contributed by atoms with Crippen LogP contribution in [-0.4, -0.2) is 76.7 Å². The number of aromatic nitrogens is 4. The van der Waals surface area contributed by atoms with E-state index in [4.69, 9.17) is 9.47 Å². The number of anilines is 1. The van der Waals surface area contributed by atoms with Crippen molar-refractivity contribution in [1.82, 2.24) is 25.1 Å². The molecule has 152 valence electrons. The fourth-order valence-electron chi connectivity index (χ4n) is 4.00. The molecule has 9 heteroatoms. The number of nitrogens with one attached hydrogen (secondary N) is 2. The van der Waals surface area contributed by atoms with Crippen molar-refractivity contribution >= 4 is 22.8 Å². The molecular formula is C20H24N6O3. The van der Waals surface area contributed by atoms with E-state index in [-0.39, 0.29) is 12.2 Å². The molecule has 0 unspecified atom stereocenters. The number of hydrogen-bond donors (Lipinski definition) is 2. The van der Waals surface area contributed by atoms with Crippen LogP contribution in [0.15, 0.2) is 18.3 Å². The van der Waals surface area contributed by atoms with E-state index in [2.05, 4.69) is 31.1 Å². The van der Waals surface area contributed by atoms with Crippen molar-refractivity contribution in [1.29, 1.82) is 0 Å². The molecule has 2 aliphatic rings. The Labute approximate surface area is 168 Å². The van der Waals surface area contributed by atoms with Crippen LogP contribution in [0.2, 0.25) is 0 Å². The van der Waals surface area contributed by atoms with E-state index in [0.717, 1.165) is 52.5 Å². The van der Waals surface area contributed by atoms with Gasteiger partial charge in [0.1, 0.15) is 5.65 Å². The molecule has 1 amide bonds. The van der Waals surface area contributed by atoms with Gasteiger partial charge in [-0.25, -0.2) is 9.78 Å². The summed E-state index contributed by atoms with van der Waals surface area (Å²) in [5.74, 6) is 0. The third-order valence-electron chi connectivity index (χ3n) is 5.66. The van der Waals surface area contributed by atoms with E-state index in [1.165, 1.54) is 0 Å². The molecule has 0 saturated carbocycles. The maximum atomic E-state index is 12.3. The highest BCUT2D eigenvalue weighted by Crippen LogP contribution is 2.32. The Bertz CT molecular complexity index is 1030. The van der Waals surface area contributed by atoms with Gasteiger partial charge in [-0.1, -0.05) is 0 Å². The highest BCUT2D eigenvalue weighted by molar-refractivity contribution is 5.94. The van der Waals surface area contributed by atoms with E-state index in [9.17, 15) is 4.79 Å². The van der Waals surface area contributed by atoms with Gasteiger partial charge in [-0.3, -0.25) is 5.10 Å². The summed E-state index contributed by atoms with van der Waals surface area (Å²) in [6, 6.07) is 4.18. The van der Waals surface area contributed by atoms with Crippen LogP contribution in [0.3, 0.4) is 0 Å². The van der Waals surface area contributed by atoms with Gasteiger partial charge in [0.25, 0.3) is 0 Å². The average Bonchev–Trinajstić information content (AvgIpc) is 3.26. The first-order valence-corrected chi connectivity index (χ1v) is 9.88. The minimum absolute atomic E-state index is 0.0894. The Balaban J connectivity index is 1.35. The number of piperazine rings is 1. The Morgan fingerprint density at radius 2 is 2.03 bits per heavy atom. The predicted octanol–water partition coefficient (Wildman–Crippen LogP) is 2.23. The van der Waals surface area contributed by atoms with Crippen LogP contribution in [0.4, 0.5) is 10.5 Å². The second-order valence-corrected chi connectivity index (χ2v) is 7.60. The van der Waals surface area contributed by atoms with Crippen LogP contribution in [0.25, 0.3) is 22.3 Å². The molecule has 2 N–H and O–H groups in total. The van der Waals surface area contributed by atoms with Crippen LogP contribution >= 0.6 is 0 Å². The number of rotatable bonds is 3. The van der Waals surface area contributed by atoms with Gasteiger partial charge in [0, 0.05) is 54.7 Å². The van der Waals surface area contributed by atoms with Crippen molar-refractivity contribution in [2.75, 3.05) is 44.3 Å². The molecule has 0 spiro atoms. The van der Waals surface area contributed by atoms with Gasteiger partial charge in [0.2, 0.25) is 0 Å². The van der Waals surface area contributed by atoms with Crippen LogP contribution in [0.5, 0.6) is 0 Å². The van der Waals surface area contributed by atoms with Crippen molar-refractivity contribution in [3.05, 3.63) is 29.7 Å². The maximum absolute atomic E-state index is 12.3. The van der Waals surface area contributed by atoms with Crippen LogP contribution in [0, 0.1) is 13.8 Å². The highest BCUT2D eigenvalue weighted by Gasteiger charge is 2.28. The number of carbonyl (C=O) groups excluding carboxylic acids is 1. The summed E-state index contributed by atoms with van der Waals surface area (Å²) in [6.45, 7) is 7.79. The van der Waals surface area contributed by atoms with Gasteiger partial charge >= 0.3 is 6.09 Å². The van der Waals surface area contributed by atoms with Crippen molar-refractivity contribution in [3.8, 4) is 11.3 Å². The largest absolute Gasteiger partial charge is 0.441 e. The first-order valence-electron chi connectivity index (χ1n) is 9.88. The lowest BCUT2D eigenvalue weighted by molar-refractivity contribution is -0.104. The molecule has 2 saturated heterocycles. The third kappa shape index (κ3) is 3.21. The smallest absolute Gasteiger partial charge is 0.410 e. The summed E-state index contributed by atoms with van der Waals surface area (Å²) >= 11 is 0. The van der Waals surface area contributed by atoms with Crippen LogP contribution < -0.4 is 4.90 Å². The highest BCUT2D eigenvalue weighted by atomic mass is 16.6. The Hall–Kier alpha value is -3.07. The Morgan fingerprint density at radius 1 is 1.24 bits per heavy atom. The second kappa shape index (κ2) is 7.07. The summed E-state index contributed by atoms with van der Waals surface area (Å²) in [6.07, 6.45) is 1.49. The lowest BCUT2D eigenvalue weighted by Gasteiger charge is -2.37. The van der Waals surface area contributed by atoms with E-state index < -0.39 is 0 Å². The van der Waals surface area contributed by atoms with Gasteiger partial charge in [-0.2, -0.15) is 5.10 Å². The zero-order valence-electron chi connectivity index (χ0n) is 16.6. The first-order chi connectivity index (χ1) is 14.1. The van der Waals surface area contributed by atoms with E-state index in [1.807, 2.05) is 26.1 Å². The van der Waals surface area contributed by atoms with Crippen LogP contribution in [0.1, 0.15) is 11.4 Å². The zero-order valence-corrected chi connectivity index (χ0v) is 16.6. The van der Waals surface area contributed by atoms with E-state index in [1.54, 1.807) is 4.90 Å². The summed E-state index contributed by atoms with van der Waals surface area (Å²) < 4.78 is 10.5. The molecular weight excluding hydrogens is 372 g/mol. The molecule has 0 radical (unpaired) electrons. The summed E-state index contributed by atoms with van der Waals surface area (Å²) in [5.41, 5.74) is 6.05. The first kappa shape index (κ1) is 18.0. The normalized spacial score (nSPS) is 17.6. The zero-order chi connectivity index (χ0) is 20.0. The summed E-state index contributed by atoms with van der Waals surface area (Å²) in [7, 11) is 0. The quantitative estimate of drug-likeness (QED) is 0.704. The third-order valence-corrected chi connectivity index (χ3v) is 5.66. The number of ether oxygens (including phenoxy) is 2. The van der Waals surface area contributed by atoms with E-state index in [0.29, 0.717) is 26.3 Å². The minimum atomic E-state index is -0.243. The van der Waals surface area contributed by atoms with Gasteiger partial charge in [0.05, 0.1) is 24.6 Å². The Kier molecular flexibility index (Phi) is 4.39. The SMILES string of the molecule is Cc1n[nH]c(C)c1-c1cc2c(N3CCN(C(=O)OC4COC4)CC3)ccnc2[nH]1. The average molecular weight is 396 g/mol. The molecule has 5 rings (SSSR count). The van der Waals surface area contributed by atoms with Crippen molar-refractivity contribution < 1.29 is 14.3 Å². The fourth-order valence-corrected chi connectivity index (χ4v) is 4.00. The minimum Gasteiger partial charge on any atom is -0.441 e. The van der Waals surface area contributed by atoms with Gasteiger partial charge in [-0.15, -0.1) is 0 Å². The summed E-state index contributed by atoms with van der Waals surface area (Å²) in [4.78, 5) is 24.3. The molecule has 2 aliphatic heterocycles. The number of fused-ring (bicyclic) bond motifs is 1. The molecule has 9 nitrogen and oxygen atoms in total. The van der Waals surface area contributed by atoms with Gasteiger partial charge in [-0.05, 0) is 26.0 Å². The maximum Gasteiger partial charge on any atom is 0.410 e. The monoisotopic (exact) mass is 396 g/mol. The molecule has 0 atom stereocenters. The summed E-state index contributed by atoms with van der Waals surface area (Å²) in [5, 5.41) is 8.41. The lowest BCUT2D eigenvalue weighted by Crippen LogP contribution is -2.51. The van der Waals surface area contributed by atoms with Crippen molar-refractivity contribution in [2.24, 2.45) is 0 Å². The predicted molar refractivity (Wildman–Crippen MR) is 108 cm³/mol. The standard InChI is InChI=1S/C20H24N6O3/c1-12-18(13(2)24-23-12)16-9-15-17(3-4-21-19(15)22-16)25-5-7-26(8-6-25)20(27)29-14-10-28-11-14/h3-4,9,14H,5-8,10-11H2,1-2H3,(H,21,22)(H,23,24). The van der Waals surface area contributed by atoms with Gasteiger partial charge in [0.15, 0.2) is 6.10 Å². The number of carbonyl (C=O) groups is 1. The Morgan fingerprint density at radius 3 is 2.69 bits per heavy atom. The number of nitrogens with zero attached hydrogens (tertiary/aromatic N) is 4. The molecule has 0 aromatic carbocycles. The molecule has 5 heterocycles. The number of H-pyrrole nitrogens is 2. The molecule has 0 aliphatic carbocycles. The van der Waals surface area contributed by atoms with Crippen molar-refractivity contribution in [2.45, 2.75) is 20.0 Å². The topological polar surface area (TPSA) is 99.4 Å². The molecule has 2 fully saturated rings. The molecule has 29 heavy (non-hydrogen) atoms. The van der Waals surface area contributed by atoms with E-state index >= 15 is 0 Å². The molecule has 3 aromatic heterocycles. The lowest BCUT2D eigenvalue weighted by atomic mass is 10.1. The second-order valence-electron chi connectivity index (χ2n) is 7.60. The number of aromatic amines is 2. The van der Waals surface area contributed by atoms with Crippen molar-refractivity contribution in [3.63, 3.8) is 0 Å². The number of hydrogen-bond acceptors (Lipinski definition) is 6. The molecule has 3 aromatic rings. The van der Waals surface area contributed by atoms with Crippen LogP contribution in [-0.2, 0) is 9.47 Å². The number of aryl methyl sites for hydroxylation is 2. The number of pyridine rings is 1. The fraction of sp³-hybridized carbons (Fsp3) is 0.450. The number of amides is 1. The molecule has 0 bridgehead atoms.